The van der Waals surface area contributed by atoms with Crippen molar-refractivity contribution in [2.24, 2.45) is 0 Å². The molecule has 2 saturated heterocycles. The number of quaternary nitrogens is 1. The molecule has 4 aliphatic rings. The molecular weight excluding hydrogens is 419 g/mol. The van der Waals surface area contributed by atoms with E-state index in [4.69, 9.17) is 14.1 Å². The average Bonchev–Trinajstić information content (AvgIpc) is 3.44. The van der Waals surface area contributed by atoms with Crippen molar-refractivity contribution >= 4 is 18.6 Å². The van der Waals surface area contributed by atoms with Gasteiger partial charge in [-0.2, -0.15) is 0 Å². The van der Waals surface area contributed by atoms with Gasteiger partial charge in [-0.15, -0.1) is 0 Å². The minimum absolute atomic E-state index is 0.00296. The first kappa shape index (κ1) is 21.5. The summed E-state index contributed by atoms with van der Waals surface area (Å²) in [6.07, 6.45) is 0.430. The third-order valence-corrected chi connectivity index (χ3v) is 7.10. The molecule has 2 unspecified atom stereocenters. The summed E-state index contributed by atoms with van der Waals surface area (Å²) >= 11 is 0. The number of rotatable bonds is 5. The quantitative estimate of drug-likeness (QED) is 0.425. The molecule has 3 atom stereocenters. The predicted octanol–water partition coefficient (Wildman–Crippen LogP) is 0.0131. The predicted molar refractivity (Wildman–Crippen MR) is 113 cm³/mol. The van der Waals surface area contributed by atoms with Gasteiger partial charge in [0.1, 0.15) is 36.6 Å². The van der Waals surface area contributed by atoms with Gasteiger partial charge in [0.2, 0.25) is 5.91 Å². The largest absolute Gasteiger partial charge is 0.669 e. The number of ether oxygens (including phenoxy) is 2. The summed E-state index contributed by atoms with van der Waals surface area (Å²) in [7, 11) is 4.25. The molecular formula is C21H29BN2O8. The van der Waals surface area contributed by atoms with E-state index < -0.39 is 12.7 Å². The number of amides is 1. The van der Waals surface area contributed by atoms with Crippen LogP contribution in [0.25, 0.3) is 0 Å². The maximum Gasteiger partial charge on any atom is 0.434 e. The van der Waals surface area contributed by atoms with E-state index in [1.165, 1.54) is 0 Å². The van der Waals surface area contributed by atoms with Crippen molar-refractivity contribution in [2.45, 2.75) is 36.8 Å². The van der Waals surface area contributed by atoms with Crippen LogP contribution in [0.15, 0.2) is 12.1 Å². The summed E-state index contributed by atoms with van der Waals surface area (Å²) < 4.78 is 17.8. The number of aromatic carboxylic acids is 1. The van der Waals surface area contributed by atoms with Crippen molar-refractivity contribution < 1.29 is 43.4 Å². The van der Waals surface area contributed by atoms with E-state index in [0.717, 1.165) is 17.6 Å². The monoisotopic (exact) mass is 448 g/mol. The normalized spacial score (nSPS) is 29.8. The average molecular weight is 448 g/mol. The molecule has 174 valence electrons. The van der Waals surface area contributed by atoms with E-state index >= 15 is 0 Å². The summed E-state index contributed by atoms with van der Waals surface area (Å²) in [6.45, 7) is -0.00876. The lowest BCUT2D eigenvalue weighted by Crippen LogP contribution is -2.58. The Balaban J connectivity index is 1.23. The Kier molecular flexibility index (Phi) is 4.93. The van der Waals surface area contributed by atoms with Gasteiger partial charge in [0.15, 0.2) is 0 Å². The Morgan fingerprint density at radius 3 is 2.72 bits per heavy atom. The number of nitrogens with zero attached hydrogens (tertiary/aromatic N) is 2. The Hall–Kier alpha value is -2.34. The van der Waals surface area contributed by atoms with Crippen LogP contribution in [0.4, 0.5) is 0 Å². The Morgan fingerprint density at radius 1 is 1.28 bits per heavy atom. The minimum atomic E-state index is -3.09. The van der Waals surface area contributed by atoms with Gasteiger partial charge in [-0.25, -0.2) is 4.79 Å². The van der Waals surface area contributed by atoms with Gasteiger partial charge in [0.05, 0.1) is 46.0 Å². The van der Waals surface area contributed by atoms with Crippen LogP contribution in [0.3, 0.4) is 0 Å². The molecule has 1 saturated carbocycles. The second-order valence-corrected chi connectivity index (χ2v) is 10.1. The summed E-state index contributed by atoms with van der Waals surface area (Å²) in [5.41, 5.74) is 0.460. The first-order valence-corrected chi connectivity index (χ1v) is 11.1. The van der Waals surface area contributed by atoms with Gasteiger partial charge in [-0.1, -0.05) is 18.3 Å². The fourth-order valence-corrected chi connectivity index (χ4v) is 5.12. The van der Waals surface area contributed by atoms with Gasteiger partial charge < -0.3 is 38.7 Å². The zero-order valence-corrected chi connectivity index (χ0v) is 18.3. The lowest BCUT2D eigenvalue weighted by atomic mass is 9.68. The second kappa shape index (κ2) is 7.34. The van der Waals surface area contributed by atoms with E-state index in [-0.39, 0.29) is 46.9 Å². The molecule has 11 heteroatoms. The van der Waals surface area contributed by atoms with E-state index in [9.17, 15) is 24.7 Å². The zero-order valence-electron chi connectivity index (χ0n) is 18.3. The van der Waals surface area contributed by atoms with Crippen LogP contribution in [-0.2, 0) is 9.53 Å². The van der Waals surface area contributed by atoms with Crippen LogP contribution in [0.5, 0.6) is 11.5 Å². The lowest BCUT2D eigenvalue weighted by Gasteiger charge is -2.42. The van der Waals surface area contributed by atoms with Crippen molar-refractivity contribution in [1.29, 1.82) is 0 Å². The first-order chi connectivity index (χ1) is 15.0. The lowest BCUT2D eigenvalue weighted by molar-refractivity contribution is -0.901. The Bertz CT molecular complexity index is 961. The molecule has 32 heavy (non-hydrogen) atoms. The summed E-state index contributed by atoms with van der Waals surface area (Å²) in [4.78, 5) is 26.2. The molecule has 1 aromatic rings. The standard InChI is InChI=1S/C21H29BN2O8/c1-24(2)5-6-30-12(11-24)7-18(25)23-9-13(10-23)31-17-4-3-14-15-8-16(15)22(28,29)32-20(14)19(17)21(26)27/h3-4,12-13,15-16,28-29H,5-11H2,1-2H3,(H,26,27)/t12-,15?,16?/m1/s1. The van der Waals surface area contributed by atoms with Gasteiger partial charge in [0, 0.05) is 0 Å². The number of likely N-dealkylation sites (N-methyl/N-ethyl adjacent to an activating group) is 1. The van der Waals surface area contributed by atoms with Crippen LogP contribution in [-0.4, -0.2) is 102 Å². The molecule has 1 amide bonds. The van der Waals surface area contributed by atoms with E-state index in [1.807, 2.05) is 0 Å². The smallest absolute Gasteiger partial charge is 0.434 e. The minimum Gasteiger partial charge on any atom is -0.669 e. The second-order valence-electron chi connectivity index (χ2n) is 10.1. The van der Waals surface area contributed by atoms with Gasteiger partial charge >= 0.3 is 12.7 Å². The van der Waals surface area contributed by atoms with Crippen LogP contribution >= 0.6 is 0 Å². The first-order valence-electron chi connectivity index (χ1n) is 11.1. The van der Waals surface area contributed by atoms with Crippen molar-refractivity contribution in [1.82, 2.24) is 4.90 Å². The molecule has 10 nitrogen and oxygen atoms in total. The van der Waals surface area contributed by atoms with E-state index in [1.54, 1.807) is 17.0 Å². The number of fused-ring (bicyclic) bond motifs is 3. The summed E-state index contributed by atoms with van der Waals surface area (Å²) in [5, 5.41) is 30.0. The number of hydrogen-bond acceptors (Lipinski definition) is 7. The van der Waals surface area contributed by atoms with Gasteiger partial charge in [-0.05, 0) is 17.5 Å². The number of carbonyl (C=O) groups is 2. The van der Waals surface area contributed by atoms with Crippen LogP contribution in [0, 0.1) is 0 Å². The SMILES string of the molecule is C[N+]1(C)CCO[C@H](CC(=O)N2CC(Oc3ccc4c(c3C(=O)O)O[B-](O)(O)C3CC43)C2)C1. The third-order valence-electron chi connectivity index (χ3n) is 7.10. The fourth-order valence-electron chi connectivity index (χ4n) is 5.12. The number of carboxylic acid groups (broad SMARTS) is 1. The number of carbonyl (C=O) groups excluding carboxylic acids is 1. The number of hydrogen-bond donors (Lipinski definition) is 3. The Morgan fingerprint density at radius 2 is 2.03 bits per heavy atom. The maximum atomic E-state index is 12.6. The van der Waals surface area contributed by atoms with Crippen molar-refractivity contribution in [2.75, 3.05) is 46.9 Å². The maximum absolute atomic E-state index is 12.6. The van der Waals surface area contributed by atoms with Crippen molar-refractivity contribution in [3.8, 4) is 11.5 Å². The molecule has 0 aromatic heterocycles. The van der Waals surface area contributed by atoms with E-state index in [0.29, 0.717) is 38.1 Å². The highest BCUT2D eigenvalue weighted by Crippen LogP contribution is 2.63. The van der Waals surface area contributed by atoms with Gasteiger partial charge in [0.25, 0.3) is 0 Å². The van der Waals surface area contributed by atoms with Crippen molar-refractivity contribution in [3.05, 3.63) is 23.3 Å². The molecule has 5 rings (SSSR count). The summed E-state index contributed by atoms with van der Waals surface area (Å²) in [5.74, 6) is -1.68. The molecule has 3 N–H and O–H groups in total. The number of benzene rings is 1. The number of morpholine rings is 1. The van der Waals surface area contributed by atoms with E-state index in [2.05, 4.69) is 14.1 Å². The zero-order chi connectivity index (χ0) is 22.8. The van der Waals surface area contributed by atoms with Gasteiger partial charge in [-0.3, -0.25) is 4.79 Å². The fraction of sp³-hybridized carbons (Fsp3) is 0.619. The molecule has 3 fully saturated rings. The number of likely N-dealkylation sites (tertiary alicyclic amines) is 1. The molecule has 3 heterocycles. The van der Waals surface area contributed by atoms with Crippen LogP contribution in [0.2, 0.25) is 5.82 Å². The topological polar surface area (TPSA) is 126 Å². The third kappa shape index (κ3) is 3.83. The molecule has 3 aliphatic heterocycles. The van der Waals surface area contributed by atoms with Crippen LogP contribution < -0.4 is 9.39 Å². The molecule has 1 aromatic carbocycles. The highest BCUT2D eigenvalue weighted by molar-refractivity contribution is 6.62. The molecule has 0 radical (unpaired) electrons. The summed E-state index contributed by atoms with van der Waals surface area (Å²) in [6, 6.07) is 3.32. The van der Waals surface area contributed by atoms with Crippen LogP contribution in [0.1, 0.15) is 34.7 Å². The highest BCUT2D eigenvalue weighted by atomic mass is 16.6. The highest BCUT2D eigenvalue weighted by Gasteiger charge is 2.55. The number of carboxylic acids is 1. The Labute approximate surface area is 185 Å². The van der Waals surface area contributed by atoms with Crippen molar-refractivity contribution in [3.63, 3.8) is 0 Å². The molecule has 1 aliphatic carbocycles. The molecule has 0 bridgehead atoms. The molecule has 0 spiro atoms.